The highest BCUT2D eigenvalue weighted by atomic mass is 16.2. The fourth-order valence-corrected chi connectivity index (χ4v) is 1.51. The largest absolute Gasteiger partial charge is 0.272 e. The van der Waals surface area contributed by atoms with Crippen molar-refractivity contribution in [3.8, 4) is 0 Å². The molecule has 68 valence electrons. The third-order valence-electron chi connectivity index (χ3n) is 2.18. The van der Waals surface area contributed by atoms with Gasteiger partial charge < -0.3 is 0 Å². The number of carbonyl (C=O) groups is 1. The van der Waals surface area contributed by atoms with Crippen LogP contribution in [0.15, 0.2) is 5.10 Å². The van der Waals surface area contributed by atoms with E-state index < -0.39 is 0 Å². The van der Waals surface area contributed by atoms with Gasteiger partial charge in [-0.15, -0.1) is 0 Å². The van der Waals surface area contributed by atoms with Gasteiger partial charge in [0.15, 0.2) is 0 Å². The van der Waals surface area contributed by atoms with E-state index in [-0.39, 0.29) is 11.8 Å². The number of hydrogen-bond donors (Lipinski definition) is 0. The van der Waals surface area contributed by atoms with Gasteiger partial charge in [-0.05, 0) is 19.8 Å². The molecule has 1 atom stereocenters. The van der Waals surface area contributed by atoms with Crippen LogP contribution in [0.2, 0.25) is 0 Å². The highest BCUT2D eigenvalue weighted by Gasteiger charge is 2.30. The lowest BCUT2D eigenvalue weighted by Gasteiger charge is -2.11. The van der Waals surface area contributed by atoms with E-state index in [1.807, 2.05) is 13.8 Å². The van der Waals surface area contributed by atoms with Gasteiger partial charge in [0.1, 0.15) is 0 Å². The molecule has 1 unspecified atom stereocenters. The van der Waals surface area contributed by atoms with Gasteiger partial charge in [-0.1, -0.05) is 13.8 Å². The van der Waals surface area contributed by atoms with Crippen LogP contribution < -0.4 is 0 Å². The summed E-state index contributed by atoms with van der Waals surface area (Å²) >= 11 is 0. The van der Waals surface area contributed by atoms with E-state index in [2.05, 4.69) is 12.0 Å². The van der Waals surface area contributed by atoms with E-state index >= 15 is 0 Å². The summed E-state index contributed by atoms with van der Waals surface area (Å²) in [5, 5.41) is 5.81. The normalized spacial score (nSPS) is 23.2. The molecule has 1 amide bonds. The summed E-state index contributed by atoms with van der Waals surface area (Å²) in [6.45, 7) is 6.77. The summed E-state index contributed by atoms with van der Waals surface area (Å²) in [4.78, 5) is 11.5. The number of amides is 1. The minimum atomic E-state index is 0.0524. The zero-order chi connectivity index (χ0) is 9.14. The van der Waals surface area contributed by atoms with Crippen LogP contribution >= 0.6 is 0 Å². The maximum atomic E-state index is 11.5. The molecule has 3 nitrogen and oxygen atoms in total. The van der Waals surface area contributed by atoms with Crippen molar-refractivity contribution in [2.75, 3.05) is 6.54 Å². The first kappa shape index (κ1) is 9.23. The molecule has 1 aliphatic heterocycles. The van der Waals surface area contributed by atoms with Gasteiger partial charge in [0, 0.05) is 12.3 Å². The topological polar surface area (TPSA) is 32.7 Å². The molecule has 0 bridgehead atoms. The summed E-state index contributed by atoms with van der Waals surface area (Å²) in [5.41, 5.74) is 0.968. The molecule has 0 saturated carbocycles. The molecule has 0 spiro atoms. The zero-order valence-electron chi connectivity index (χ0n) is 8.00. The Labute approximate surface area is 73.4 Å². The van der Waals surface area contributed by atoms with Crippen LogP contribution in [0.1, 0.15) is 33.6 Å². The van der Waals surface area contributed by atoms with Gasteiger partial charge >= 0.3 is 0 Å². The van der Waals surface area contributed by atoms with Crippen molar-refractivity contribution in [2.45, 2.75) is 33.6 Å². The van der Waals surface area contributed by atoms with Crippen molar-refractivity contribution in [2.24, 2.45) is 11.0 Å². The smallest absolute Gasteiger partial charge is 0.251 e. The molecule has 1 aliphatic rings. The fourth-order valence-electron chi connectivity index (χ4n) is 1.51. The molecule has 0 aliphatic carbocycles. The zero-order valence-corrected chi connectivity index (χ0v) is 8.00. The molecule has 3 heteroatoms. The van der Waals surface area contributed by atoms with Crippen molar-refractivity contribution in [3.05, 3.63) is 0 Å². The fraction of sp³-hybridized carbons (Fsp3) is 0.778. The predicted octanol–water partition coefficient (Wildman–Crippen LogP) is 1.64. The van der Waals surface area contributed by atoms with E-state index in [4.69, 9.17) is 0 Å². The number of hydrogen-bond acceptors (Lipinski definition) is 2. The first-order valence-corrected chi connectivity index (χ1v) is 4.57. The Bertz CT molecular complexity index is 211. The minimum Gasteiger partial charge on any atom is -0.272 e. The lowest BCUT2D eigenvalue weighted by Crippen LogP contribution is -2.27. The van der Waals surface area contributed by atoms with E-state index in [9.17, 15) is 4.79 Å². The number of carbonyl (C=O) groups excluding carboxylic acids is 1. The first-order chi connectivity index (χ1) is 5.70. The Kier molecular flexibility index (Phi) is 2.84. The molecule has 0 fully saturated rings. The third-order valence-corrected chi connectivity index (χ3v) is 2.18. The molecule has 0 saturated heterocycles. The van der Waals surface area contributed by atoms with Crippen molar-refractivity contribution < 1.29 is 4.79 Å². The highest BCUT2D eigenvalue weighted by Crippen LogP contribution is 2.18. The summed E-state index contributed by atoms with van der Waals surface area (Å²) in [7, 11) is 0. The van der Waals surface area contributed by atoms with E-state index in [1.165, 1.54) is 0 Å². The molecular formula is C9H16N2O. The standard InChI is InChI=1S/C9H16N2O/c1-4-6-11-9(12)8(5-2)7(3)10-11/h8H,4-6H2,1-3H3. The average molecular weight is 168 g/mol. The van der Waals surface area contributed by atoms with Crippen molar-refractivity contribution >= 4 is 11.6 Å². The van der Waals surface area contributed by atoms with Crippen LogP contribution in [-0.2, 0) is 4.79 Å². The van der Waals surface area contributed by atoms with E-state index in [0.29, 0.717) is 0 Å². The Morgan fingerprint density at radius 2 is 2.17 bits per heavy atom. The quantitative estimate of drug-likeness (QED) is 0.630. The summed E-state index contributed by atoms with van der Waals surface area (Å²) < 4.78 is 0. The average Bonchev–Trinajstić information content (AvgIpc) is 2.29. The molecule has 0 aromatic rings. The summed E-state index contributed by atoms with van der Waals surface area (Å²) in [5.74, 6) is 0.230. The Balaban J connectivity index is 2.66. The van der Waals surface area contributed by atoms with Gasteiger partial charge in [0.2, 0.25) is 0 Å². The van der Waals surface area contributed by atoms with Crippen LogP contribution in [0.4, 0.5) is 0 Å². The number of hydrazone groups is 1. The predicted molar refractivity (Wildman–Crippen MR) is 48.9 cm³/mol. The monoisotopic (exact) mass is 168 g/mol. The second-order valence-electron chi connectivity index (χ2n) is 3.16. The number of nitrogens with zero attached hydrogens (tertiary/aromatic N) is 2. The van der Waals surface area contributed by atoms with Crippen LogP contribution in [-0.4, -0.2) is 23.2 Å². The summed E-state index contributed by atoms with van der Waals surface area (Å²) in [6.07, 6.45) is 1.84. The molecule has 0 aromatic heterocycles. The minimum absolute atomic E-state index is 0.0524. The van der Waals surface area contributed by atoms with Crippen molar-refractivity contribution in [1.29, 1.82) is 0 Å². The Hall–Kier alpha value is -0.860. The Morgan fingerprint density at radius 1 is 1.50 bits per heavy atom. The summed E-state index contributed by atoms with van der Waals surface area (Å²) in [6, 6.07) is 0. The lowest BCUT2D eigenvalue weighted by molar-refractivity contribution is -0.131. The van der Waals surface area contributed by atoms with Crippen LogP contribution in [0.25, 0.3) is 0 Å². The van der Waals surface area contributed by atoms with E-state index in [1.54, 1.807) is 5.01 Å². The molecule has 0 aromatic carbocycles. The second-order valence-corrected chi connectivity index (χ2v) is 3.16. The third kappa shape index (κ3) is 1.49. The molecule has 0 radical (unpaired) electrons. The highest BCUT2D eigenvalue weighted by molar-refractivity contribution is 6.06. The second kappa shape index (κ2) is 3.70. The van der Waals surface area contributed by atoms with Gasteiger partial charge in [-0.25, -0.2) is 5.01 Å². The Morgan fingerprint density at radius 3 is 2.58 bits per heavy atom. The molecule has 1 rings (SSSR count). The lowest BCUT2D eigenvalue weighted by atomic mass is 10.0. The van der Waals surface area contributed by atoms with Gasteiger partial charge in [-0.3, -0.25) is 4.79 Å². The van der Waals surface area contributed by atoms with Gasteiger partial charge in [0.05, 0.1) is 5.92 Å². The van der Waals surface area contributed by atoms with Crippen molar-refractivity contribution in [3.63, 3.8) is 0 Å². The maximum Gasteiger partial charge on any atom is 0.251 e. The van der Waals surface area contributed by atoms with Crippen LogP contribution in [0.5, 0.6) is 0 Å². The maximum absolute atomic E-state index is 11.5. The van der Waals surface area contributed by atoms with Crippen LogP contribution in [0.3, 0.4) is 0 Å². The molecule has 12 heavy (non-hydrogen) atoms. The first-order valence-electron chi connectivity index (χ1n) is 4.57. The van der Waals surface area contributed by atoms with Crippen LogP contribution in [0, 0.1) is 5.92 Å². The van der Waals surface area contributed by atoms with Crippen molar-refractivity contribution in [1.82, 2.24) is 5.01 Å². The number of rotatable bonds is 3. The van der Waals surface area contributed by atoms with E-state index in [0.717, 1.165) is 25.1 Å². The molecule has 0 N–H and O–H groups in total. The molecular weight excluding hydrogens is 152 g/mol. The molecule has 1 heterocycles. The van der Waals surface area contributed by atoms with Gasteiger partial charge in [-0.2, -0.15) is 5.10 Å². The van der Waals surface area contributed by atoms with Gasteiger partial charge in [0.25, 0.3) is 5.91 Å². The SMILES string of the molecule is CCCN1N=C(C)C(CC)C1=O.